The highest BCUT2D eigenvalue weighted by molar-refractivity contribution is 6.02. The third-order valence-electron chi connectivity index (χ3n) is 8.92. The summed E-state index contributed by atoms with van der Waals surface area (Å²) in [5.74, 6) is -2.84. The molecule has 2 bridgehead atoms. The maximum Gasteiger partial charge on any atom is 0.246 e. The van der Waals surface area contributed by atoms with E-state index in [-0.39, 0.29) is 36.1 Å². The second-order valence-electron chi connectivity index (χ2n) is 11.4. The molecule has 0 radical (unpaired) electrons. The molecule has 3 heterocycles. The van der Waals surface area contributed by atoms with Crippen molar-refractivity contribution in [2.45, 2.75) is 76.3 Å². The van der Waals surface area contributed by atoms with Crippen LogP contribution in [0.2, 0.25) is 0 Å². The van der Waals surface area contributed by atoms with Crippen LogP contribution in [0, 0.1) is 31.5 Å². The van der Waals surface area contributed by atoms with Gasteiger partial charge in [-0.15, -0.1) is 0 Å². The number of nitrogens with one attached hydrogen (secondary N) is 2. The van der Waals surface area contributed by atoms with Crippen molar-refractivity contribution in [2.24, 2.45) is 11.8 Å². The van der Waals surface area contributed by atoms with Gasteiger partial charge >= 0.3 is 0 Å². The molecule has 2 aromatic rings. The van der Waals surface area contributed by atoms with Crippen LogP contribution in [0.5, 0.6) is 0 Å². The van der Waals surface area contributed by atoms with Crippen molar-refractivity contribution in [1.82, 2.24) is 10.2 Å². The Hall–Kier alpha value is -3.52. The molecule has 8 heteroatoms. The number of amides is 3. The predicted octanol–water partition coefficient (Wildman–Crippen LogP) is 4.18. The van der Waals surface area contributed by atoms with E-state index in [4.69, 9.17) is 4.74 Å². The number of carbonyl (C=O) groups is 3. The first-order valence-electron chi connectivity index (χ1n) is 13.9. The Morgan fingerprint density at radius 2 is 1.77 bits per heavy atom. The number of anilines is 1. The summed E-state index contributed by atoms with van der Waals surface area (Å²) >= 11 is 0. The van der Waals surface area contributed by atoms with Gasteiger partial charge in [0.25, 0.3) is 0 Å². The van der Waals surface area contributed by atoms with E-state index in [1.165, 1.54) is 17.0 Å². The lowest BCUT2D eigenvalue weighted by atomic mass is 9.74. The molecule has 204 valence electrons. The van der Waals surface area contributed by atoms with Crippen molar-refractivity contribution in [1.29, 1.82) is 0 Å². The fraction of sp³-hybridized carbons (Fsp3) is 0.452. The molecule has 39 heavy (non-hydrogen) atoms. The second-order valence-corrected chi connectivity index (χ2v) is 11.4. The van der Waals surface area contributed by atoms with Gasteiger partial charge in [0, 0.05) is 18.3 Å². The van der Waals surface area contributed by atoms with Gasteiger partial charge in [0.1, 0.15) is 17.5 Å². The first-order chi connectivity index (χ1) is 18.8. The van der Waals surface area contributed by atoms with E-state index < -0.39 is 29.6 Å². The number of aryl methyl sites for hydroxylation is 2. The third-order valence-corrected chi connectivity index (χ3v) is 8.92. The van der Waals surface area contributed by atoms with Crippen LogP contribution in [0.4, 0.5) is 10.1 Å². The van der Waals surface area contributed by atoms with Gasteiger partial charge in [0.15, 0.2) is 0 Å². The van der Waals surface area contributed by atoms with Crippen molar-refractivity contribution in [3.05, 3.63) is 77.1 Å². The summed E-state index contributed by atoms with van der Waals surface area (Å²) in [7, 11) is 0. The summed E-state index contributed by atoms with van der Waals surface area (Å²) < 4.78 is 20.0. The molecular formula is C31H34FN3O4. The Bertz CT molecular complexity index is 1340. The Kier molecular flexibility index (Phi) is 6.53. The van der Waals surface area contributed by atoms with Gasteiger partial charge in [-0.2, -0.15) is 0 Å². The molecule has 6 rings (SSSR count). The zero-order valence-corrected chi connectivity index (χ0v) is 22.3. The average Bonchev–Trinajstić information content (AvgIpc) is 3.56. The SMILES string of the molecule is Cc1ccc(NC(=O)C2[C@H]3C=CC4(O3)C(C(=O)NC3CCCCC3)N(Cc3ccc(F)cc3)C(=O)[C@@H]24)cc1C. The molecule has 2 N–H and O–H groups in total. The molecule has 5 atom stereocenters. The Morgan fingerprint density at radius 1 is 1.03 bits per heavy atom. The van der Waals surface area contributed by atoms with E-state index in [9.17, 15) is 18.8 Å². The zero-order valence-electron chi connectivity index (χ0n) is 22.3. The number of fused-ring (bicyclic) bond motifs is 1. The summed E-state index contributed by atoms with van der Waals surface area (Å²) in [5, 5.41) is 6.17. The number of carbonyl (C=O) groups excluding carboxylic acids is 3. The van der Waals surface area contributed by atoms with Crippen molar-refractivity contribution >= 4 is 23.4 Å². The van der Waals surface area contributed by atoms with Gasteiger partial charge in [-0.1, -0.05) is 49.6 Å². The lowest BCUT2D eigenvalue weighted by molar-refractivity contribution is -0.142. The number of rotatable bonds is 6. The lowest BCUT2D eigenvalue weighted by Gasteiger charge is -2.34. The molecule has 3 fully saturated rings. The molecule has 1 saturated carbocycles. The number of halogens is 1. The molecule has 1 aliphatic carbocycles. The largest absolute Gasteiger partial charge is 0.359 e. The van der Waals surface area contributed by atoms with Gasteiger partial charge < -0.3 is 20.3 Å². The molecule has 2 aromatic carbocycles. The third kappa shape index (κ3) is 4.44. The van der Waals surface area contributed by atoms with Crippen LogP contribution in [0.15, 0.2) is 54.6 Å². The quantitative estimate of drug-likeness (QED) is 0.548. The minimum Gasteiger partial charge on any atom is -0.359 e. The number of nitrogens with zero attached hydrogens (tertiary/aromatic N) is 1. The summed E-state index contributed by atoms with van der Waals surface area (Å²) in [6.45, 7) is 4.10. The second kappa shape index (κ2) is 9.90. The fourth-order valence-electron chi connectivity index (χ4n) is 6.80. The van der Waals surface area contributed by atoms with Gasteiger partial charge in [0.05, 0.1) is 17.9 Å². The number of ether oxygens (including phenoxy) is 1. The molecule has 3 unspecified atom stereocenters. The first-order valence-corrected chi connectivity index (χ1v) is 13.9. The molecule has 3 aliphatic heterocycles. The fourth-order valence-corrected chi connectivity index (χ4v) is 6.80. The van der Waals surface area contributed by atoms with Crippen LogP contribution < -0.4 is 10.6 Å². The van der Waals surface area contributed by atoms with E-state index in [0.29, 0.717) is 11.3 Å². The number of hydrogen-bond donors (Lipinski definition) is 2. The summed E-state index contributed by atoms with van der Waals surface area (Å²) in [5.41, 5.74) is 2.30. The predicted molar refractivity (Wildman–Crippen MR) is 144 cm³/mol. The average molecular weight is 532 g/mol. The first kappa shape index (κ1) is 25.7. The van der Waals surface area contributed by atoms with E-state index in [2.05, 4.69) is 10.6 Å². The molecule has 1 spiro atoms. The Labute approximate surface area is 227 Å². The summed E-state index contributed by atoms with van der Waals surface area (Å²) in [4.78, 5) is 43.2. The normalized spacial score (nSPS) is 29.5. The highest BCUT2D eigenvalue weighted by Crippen LogP contribution is 2.55. The minimum absolute atomic E-state index is 0.0518. The Balaban J connectivity index is 1.32. The van der Waals surface area contributed by atoms with Gasteiger partial charge in [-0.05, 0) is 67.6 Å². The zero-order chi connectivity index (χ0) is 27.3. The van der Waals surface area contributed by atoms with Gasteiger partial charge in [-0.3, -0.25) is 14.4 Å². The van der Waals surface area contributed by atoms with E-state index in [1.54, 1.807) is 12.1 Å². The van der Waals surface area contributed by atoms with E-state index in [0.717, 1.165) is 43.2 Å². The molecule has 7 nitrogen and oxygen atoms in total. The number of benzene rings is 2. The van der Waals surface area contributed by atoms with Crippen LogP contribution >= 0.6 is 0 Å². The molecule has 2 saturated heterocycles. The maximum atomic E-state index is 14.1. The minimum atomic E-state index is -1.23. The summed E-state index contributed by atoms with van der Waals surface area (Å²) in [6, 6.07) is 10.7. The van der Waals surface area contributed by atoms with Crippen LogP contribution in [-0.2, 0) is 25.7 Å². The van der Waals surface area contributed by atoms with Crippen LogP contribution in [-0.4, -0.2) is 46.4 Å². The number of likely N-dealkylation sites (tertiary alicyclic amines) is 1. The summed E-state index contributed by atoms with van der Waals surface area (Å²) in [6.07, 6.45) is 8.11. The molecule has 3 amide bonds. The van der Waals surface area contributed by atoms with E-state index in [1.807, 2.05) is 44.2 Å². The maximum absolute atomic E-state index is 14.1. The van der Waals surface area contributed by atoms with Crippen molar-refractivity contribution in [3.63, 3.8) is 0 Å². The monoisotopic (exact) mass is 531 g/mol. The molecule has 4 aliphatic rings. The van der Waals surface area contributed by atoms with E-state index >= 15 is 0 Å². The Morgan fingerprint density at radius 3 is 2.49 bits per heavy atom. The number of hydrogen-bond acceptors (Lipinski definition) is 4. The van der Waals surface area contributed by atoms with Gasteiger partial charge in [-0.25, -0.2) is 4.39 Å². The van der Waals surface area contributed by atoms with Crippen molar-refractivity contribution < 1.29 is 23.5 Å². The molecule has 0 aromatic heterocycles. The standard InChI is InChI=1S/C31H34FN3O4/c1-18-8-13-23(16-19(18)2)34-28(36)25-24-14-15-31(39-24)26(25)30(38)35(17-20-9-11-21(32)12-10-20)27(31)29(37)33-22-6-4-3-5-7-22/h8-16,22,24-27H,3-7,17H2,1-2H3,(H,33,37)(H,34,36)/t24-,25?,26-,27?,31?/m1/s1. The highest BCUT2D eigenvalue weighted by atomic mass is 19.1. The molecular weight excluding hydrogens is 497 g/mol. The smallest absolute Gasteiger partial charge is 0.246 e. The lowest BCUT2D eigenvalue weighted by Crippen LogP contribution is -2.56. The topological polar surface area (TPSA) is 87.7 Å². The van der Waals surface area contributed by atoms with Crippen LogP contribution in [0.25, 0.3) is 0 Å². The van der Waals surface area contributed by atoms with Crippen molar-refractivity contribution in [2.75, 3.05) is 5.32 Å². The highest BCUT2D eigenvalue weighted by Gasteiger charge is 2.72. The van der Waals surface area contributed by atoms with Gasteiger partial charge in [0.2, 0.25) is 17.7 Å². The van der Waals surface area contributed by atoms with Crippen LogP contribution in [0.1, 0.15) is 48.8 Å². The van der Waals surface area contributed by atoms with Crippen molar-refractivity contribution in [3.8, 4) is 0 Å². The van der Waals surface area contributed by atoms with Crippen LogP contribution in [0.3, 0.4) is 0 Å².